The van der Waals surface area contributed by atoms with Crippen molar-refractivity contribution in [1.29, 1.82) is 0 Å². The van der Waals surface area contributed by atoms with Gasteiger partial charge in [0.1, 0.15) is 5.69 Å². The maximum Gasteiger partial charge on any atom is 0.460 e. The zero-order chi connectivity index (χ0) is 25.8. The molecule has 1 aromatic carbocycles. The number of ether oxygens (including phenoxy) is 1. The summed E-state index contributed by atoms with van der Waals surface area (Å²) in [5, 5.41) is -1.83. The first-order chi connectivity index (χ1) is 14.6. The van der Waals surface area contributed by atoms with Crippen LogP contribution in [0.2, 0.25) is 0 Å². The number of carbonyl (C=O) groups is 1. The predicted molar refractivity (Wildman–Crippen MR) is 82.8 cm³/mol. The molecule has 0 spiro atoms. The zero-order valence-electron chi connectivity index (χ0n) is 15.6. The van der Waals surface area contributed by atoms with E-state index in [1.807, 2.05) is 0 Å². The van der Waals surface area contributed by atoms with Crippen molar-refractivity contribution < 1.29 is 66.6 Å². The van der Waals surface area contributed by atoms with Crippen LogP contribution in [0.1, 0.15) is 12.6 Å². The molecule has 0 fully saturated rings. The monoisotopic (exact) mass is 505 g/mol. The third-order valence-corrected chi connectivity index (χ3v) is 4.24. The van der Waals surface area contributed by atoms with E-state index in [-0.39, 0.29) is 6.20 Å². The van der Waals surface area contributed by atoms with E-state index < -0.39 is 64.0 Å². The second-order valence-corrected chi connectivity index (χ2v) is 6.48. The summed E-state index contributed by atoms with van der Waals surface area (Å²) in [7, 11) is 0. The number of benzene rings is 1. The van der Waals surface area contributed by atoms with Crippen molar-refractivity contribution in [2.45, 2.75) is 42.7 Å². The maximum atomic E-state index is 14.5. The highest BCUT2D eigenvalue weighted by atomic mass is 19.4. The van der Waals surface area contributed by atoms with E-state index >= 15 is 0 Å². The third-order valence-electron chi connectivity index (χ3n) is 4.24. The molecule has 33 heavy (non-hydrogen) atoms. The van der Waals surface area contributed by atoms with E-state index in [0.29, 0.717) is 6.07 Å². The van der Waals surface area contributed by atoms with Crippen molar-refractivity contribution >= 4 is 16.7 Å². The van der Waals surface area contributed by atoms with E-state index in [9.17, 15) is 61.9 Å². The highest BCUT2D eigenvalue weighted by Crippen LogP contribution is 2.62. The third kappa shape index (κ3) is 3.72. The standard InChI is InChI=1S/C17H8F13NO2/c1-7(32)33-10-6-31-11(9-5-3-2-4-8(9)10)12(18,19)13(20,21)14(22,23)15(24,25)16(26,27)17(28,29)30/h2-6H,1H3. The molecule has 3 nitrogen and oxygen atoms in total. The Labute approximate surface area is 174 Å². The van der Waals surface area contributed by atoms with Crippen molar-refractivity contribution in [3.8, 4) is 5.75 Å². The highest BCUT2D eigenvalue weighted by Gasteiger charge is 2.91. The second kappa shape index (κ2) is 7.62. The van der Waals surface area contributed by atoms with Crippen molar-refractivity contribution in [2.75, 3.05) is 0 Å². The van der Waals surface area contributed by atoms with Crippen LogP contribution in [0, 0.1) is 0 Å². The first-order valence-corrected chi connectivity index (χ1v) is 8.17. The van der Waals surface area contributed by atoms with Crippen molar-refractivity contribution in [3.05, 3.63) is 36.2 Å². The van der Waals surface area contributed by atoms with E-state index in [1.165, 1.54) is 0 Å². The lowest BCUT2D eigenvalue weighted by molar-refractivity contribution is -0.441. The molecule has 0 amide bonds. The van der Waals surface area contributed by atoms with Gasteiger partial charge in [-0.15, -0.1) is 0 Å². The number of aromatic nitrogens is 1. The van der Waals surface area contributed by atoms with Crippen LogP contribution in [0.3, 0.4) is 0 Å². The molecule has 0 unspecified atom stereocenters. The van der Waals surface area contributed by atoms with Gasteiger partial charge in [-0.25, -0.2) is 0 Å². The second-order valence-electron chi connectivity index (χ2n) is 6.48. The molecule has 0 N–H and O–H groups in total. The van der Waals surface area contributed by atoms with Crippen LogP contribution < -0.4 is 4.74 Å². The lowest BCUT2D eigenvalue weighted by atomic mass is 9.91. The van der Waals surface area contributed by atoms with Crippen LogP contribution in [0.25, 0.3) is 10.8 Å². The Morgan fingerprint density at radius 2 is 1.18 bits per heavy atom. The van der Waals surface area contributed by atoms with E-state index in [0.717, 1.165) is 25.1 Å². The lowest BCUT2D eigenvalue weighted by Crippen LogP contribution is -2.69. The molecule has 0 aliphatic carbocycles. The van der Waals surface area contributed by atoms with Crippen LogP contribution >= 0.6 is 0 Å². The summed E-state index contributed by atoms with van der Waals surface area (Å²) in [6.45, 7) is 0.814. The summed E-state index contributed by atoms with van der Waals surface area (Å²) in [4.78, 5) is 13.8. The van der Waals surface area contributed by atoms with Crippen LogP contribution in [-0.4, -0.2) is 40.8 Å². The van der Waals surface area contributed by atoms with Gasteiger partial charge in [0, 0.05) is 17.7 Å². The minimum absolute atomic E-state index is 0.143. The van der Waals surface area contributed by atoms with Gasteiger partial charge in [0.25, 0.3) is 0 Å². The summed E-state index contributed by atoms with van der Waals surface area (Å²) in [5.74, 6) is -39.6. The fourth-order valence-electron chi connectivity index (χ4n) is 2.57. The number of esters is 1. The number of nitrogens with zero attached hydrogens (tertiary/aromatic N) is 1. The smallest absolute Gasteiger partial charge is 0.424 e. The largest absolute Gasteiger partial charge is 0.460 e. The van der Waals surface area contributed by atoms with E-state index in [2.05, 4.69) is 9.72 Å². The van der Waals surface area contributed by atoms with Gasteiger partial charge < -0.3 is 4.74 Å². The number of pyridine rings is 1. The molecule has 2 rings (SSSR count). The molecule has 0 bridgehead atoms. The van der Waals surface area contributed by atoms with Gasteiger partial charge in [-0.1, -0.05) is 24.3 Å². The average Bonchev–Trinajstić information content (AvgIpc) is 2.66. The summed E-state index contributed by atoms with van der Waals surface area (Å²) in [6, 6.07) is 3.26. The van der Waals surface area contributed by atoms with Crippen LogP contribution in [0.5, 0.6) is 5.75 Å². The van der Waals surface area contributed by atoms with Crippen LogP contribution in [0.4, 0.5) is 57.1 Å². The Hall–Kier alpha value is -2.81. The first kappa shape index (κ1) is 26.4. The summed E-state index contributed by atoms with van der Waals surface area (Å²) < 4.78 is 179. The van der Waals surface area contributed by atoms with Gasteiger partial charge in [-0.2, -0.15) is 57.1 Å². The van der Waals surface area contributed by atoms with E-state index in [4.69, 9.17) is 0 Å². The normalized spacial score (nSPS) is 14.5. The average molecular weight is 505 g/mol. The molecule has 16 heteroatoms. The quantitative estimate of drug-likeness (QED) is 0.339. The molecule has 1 heterocycles. The fourth-order valence-corrected chi connectivity index (χ4v) is 2.57. The molecule has 0 saturated heterocycles. The zero-order valence-corrected chi connectivity index (χ0v) is 15.6. The molecular formula is C17H8F13NO2. The molecule has 2 aromatic rings. The van der Waals surface area contributed by atoms with Crippen molar-refractivity contribution in [2.24, 2.45) is 0 Å². The van der Waals surface area contributed by atoms with Crippen LogP contribution in [-0.2, 0) is 10.7 Å². The number of hydrogen-bond acceptors (Lipinski definition) is 3. The van der Waals surface area contributed by atoms with E-state index in [1.54, 1.807) is 0 Å². The lowest BCUT2D eigenvalue weighted by Gasteiger charge is -2.39. The Bertz CT molecular complexity index is 1060. The molecule has 0 aliphatic rings. The summed E-state index contributed by atoms with van der Waals surface area (Å²) in [6.07, 6.45) is -7.36. The molecule has 0 saturated carbocycles. The predicted octanol–water partition coefficient (Wildman–Crippen LogP) is 6.36. The SMILES string of the molecule is CC(=O)Oc1cnc(C(F)(F)C(F)(F)C(F)(F)C(F)(F)C(F)(F)C(F)(F)F)c2ccccc12. The highest BCUT2D eigenvalue weighted by molar-refractivity contribution is 5.91. The number of carbonyl (C=O) groups excluding carboxylic acids is 1. The van der Waals surface area contributed by atoms with Crippen LogP contribution in [0.15, 0.2) is 30.5 Å². The van der Waals surface area contributed by atoms with Crippen molar-refractivity contribution in [3.63, 3.8) is 0 Å². The Balaban J connectivity index is 2.75. The number of rotatable bonds is 6. The number of fused-ring (bicyclic) bond motifs is 1. The topological polar surface area (TPSA) is 39.2 Å². The molecule has 0 radical (unpaired) electrons. The van der Waals surface area contributed by atoms with Gasteiger partial charge in [-0.05, 0) is 0 Å². The Morgan fingerprint density at radius 3 is 1.64 bits per heavy atom. The minimum Gasteiger partial charge on any atom is -0.424 e. The molecule has 1 aromatic heterocycles. The number of hydrogen-bond donors (Lipinski definition) is 0. The maximum absolute atomic E-state index is 14.5. The Morgan fingerprint density at radius 1 is 0.727 bits per heavy atom. The number of halogens is 13. The number of alkyl halides is 13. The molecule has 184 valence electrons. The summed E-state index contributed by atoms with van der Waals surface area (Å²) in [5.41, 5.74) is -2.38. The summed E-state index contributed by atoms with van der Waals surface area (Å²) >= 11 is 0. The van der Waals surface area contributed by atoms with Crippen molar-refractivity contribution in [1.82, 2.24) is 4.98 Å². The Kier molecular flexibility index (Phi) is 6.10. The van der Waals surface area contributed by atoms with Gasteiger partial charge in [-0.3, -0.25) is 9.78 Å². The first-order valence-electron chi connectivity index (χ1n) is 8.17. The fraction of sp³-hybridized carbons (Fsp3) is 0.412. The van der Waals surface area contributed by atoms with Gasteiger partial charge in [0.15, 0.2) is 5.75 Å². The molecular weight excluding hydrogens is 497 g/mol. The molecule has 0 aliphatic heterocycles. The van der Waals surface area contributed by atoms with Gasteiger partial charge in [0.05, 0.1) is 6.20 Å². The van der Waals surface area contributed by atoms with Gasteiger partial charge >= 0.3 is 41.8 Å². The van der Waals surface area contributed by atoms with Gasteiger partial charge in [0.2, 0.25) is 0 Å². The molecule has 0 atom stereocenters. The minimum atomic E-state index is -8.02.